The van der Waals surface area contributed by atoms with Crippen molar-refractivity contribution in [2.75, 3.05) is 30.8 Å². The fourth-order valence-corrected chi connectivity index (χ4v) is 4.00. The first-order chi connectivity index (χ1) is 13.0. The molecule has 1 aliphatic heterocycles. The lowest BCUT2D eigenvalue weighted by atomic mass is 10.0. The van der Waals surface area contributed by atoms with Gasteiger partial charge in [-0.15, -0.1) is 11.3 Å². The van der Waals surface area contributed by atoms with Crippen molar-refractivity contribution in [3.05, 3.63) is 45.0 Å². The standard InChI is InChI=1S/C18H23N5O3S/c1-12-4-3-7-22(9-12)10-14-11-27-18(20-14)21-17(24)13-5-6-15(19-2)16(8-13)23(25)26/h5-6,8,11-12,19H,3-4,7,9-10H2,1-2H3,(H,20,21,24). The highest BCUT2D eigenvalue weighted by Crippen LogP contribution is 2.26. The van der Waals surface area contributed by atoms with Crippen LogP contribution in [0.3, 0.4) is 0 Å². The molecule has 0 spiro atoms. The highest BCUT2D eigenvalue weighted by atomic mass is 32.1. The number of nitro benzene ring substituents is 1. The third kappa shape index (κ3) is 4.81. The monoisotopic (exact) mass is 389 g/mol. The Labute approximate surface area is 161 Å². The summed E-state index contributed by atoms with van der Waals surface area (Å²) in [6.07, 6.45) is 2.48. The quantitative estimate of drug-likeness (QED) is 0.579. The number of anilines is 2. The summed E-state index contributed by atoms with van der Waals surface area (Å²) in [6, 6.07) is 4.35. The maximum atomic E-state index is 12.4. The topological polar surface area (TPSA) is 100 Å². The number of amides is 1. The van der Waals surface area contributed by atoms with E-state index in [0.29, 0.717) is 16.7 Å². The Morgan fingerprint density at radius 2 is 2.30 bits per heavy atom. The van der Waals surface area contributed by atoms with Gasteiger partial charge < -0.3 is 5.32 Å². The Kier molecular flexibility index (Phi) is 6.02. The highest BCUT2D eigenvalue weighted by molar-refractivity contribution is 7.13. The van der Waals surface area contributed by atoms with Crippen LogP contribution in [0.4, 0.5) is 16.5 Å². The number of carbonyl (C=O) groups is 1. The zero-order chi connectivity index (χ0) is 19.4. The molecule has 144 valence electrons. The molecule has 0 radical (unpaired) electrons. The van der Waals surface area contributed by atoms with Gasteiger partial charge in [0.1, 0.15) is 5.69 Å². The maximum Gasteiger partial charge on any atom is 0.293 e. The van der Waals surface area contributed by atoms with Crippen molar-refractivity contribution in [3.63, 3.8) is 0 Å². The first-order valence-electron chi connectivity index (χ1n) is 8.90. The normalized spacial score (nSPS) is 17.5. The summed E-state index contributed by atoms with van der Waals surface area (Å²) >= 11 is 1.36. The molecule has 1 saturated heterocycles. The first kappa shape index (κ1) is 19.2. The van der Waals surface area contributed by atoms with Gasteiger partial charge in [-0.2, -0.15) is 0 Å². The summed E-state index contributed by atoms with van der Waals surface area (Å²) in [5.74, 6) is 0.293. The van der Waals surface area contributed by atoms with Gasteiger partial charge in [0.15, 0.2) is 5.13 Å². The van der Waals surface area contributed by atoms with Crippen molar-refractivity contribution < 1.29 is 9.72 Å². The second-order valence-corrected chi connectivity index (χ2v) is 7.68. The van der Waals surface area contributed by atoms with Gasteiger partial charge in [-0.05, 0) is 37.4 Å². The van der Waals surface area contributed by atoms with Crippen molar-refractivity contribution in [1.82, 2.24) is 9.88 Å². The fourth-order valence-electron chi connectivity index (χ4n) is 3.30. The number of benzene rings is 1. The van der Waals surface area contributed by atoms with Crippen LogP contribution < -0.4 is 10.6 Å². The lowest BCUT2D eigenvalue weighted by Crippen LogP contribution is -2.33. The van der Waals surface area contributed by atoms with Crippen molar-refractivity contribution in [2.24, 2.45) is 5.92 Å². The number of hydrogen-bond acceptors (Lipinski definition) is 7. The largest absolute Gasteiger partial charge is 0.383 e. The van der Waals surface area contributed by atoms with Gasteiger partial charge in [0.25, 0.3) is 11.6 Å². The average Bonchev–Trinajstić information content (AvgIpc) is 3.07. The Bertz CT molecular complexity index is 838. The first-order valence-corrected chi connectivity index (χ1v) is 9.78. The molecule has 9 heteroatoms. The zero-order valence-corrected chi connectivity index (χ0v) is 16.2. The van der Waals surface area contributed by atoms with Crippen LogP contribution in [0.5, 0.6) is 0 Å². The molecule has 1 aromatic carbocycles. The van der Waals surface area contributed by atoms with Crippen LogP contribution in [-0.2, 0) is 6.54 Å². The Morgan fingerprint density at radius 1 is 1.48 bits per heavy atom. The predicted molar refractivity (Wildman–Crippen MR) is 106 cm³/mol. The molecule has 2 heterocycles. The van der Waals surface area contributed by atoms with Crippen LogP contribution in [-0.4, -0.2) is 40.9 Å². The molecule has 1 atom stereocenters. The van der Waals surface area contributed by atoms with E-state index in [0.717, 1.165) is 25.3 Å². The summed E-state index contributed by atoms with van der Waals surface area (Å²) in [4.78, 5) is 29.9. The molecular weight excluding hydrogens is 366 g/mol. The lowest BCUT2D eigenvalue weighted by molar-refractivity contribution is -0.384. The van der Waals surface area contributed by atoms with Gasteiger partial charge in [0.2, 0.25) is 0 Å². The molecule has 3 rings (SSSR count). The maximum absolute atomic E-state index is 12.4. The second kappa shape index (κ2) is 8.45. The van der Waals surface area contributed by atoms with Crippen LogP contribution in [0.15, 0.2) is 23.6 Å². The summed E-state index contributed by atoms with van der Waals surface area (Å²) in [6.45, 7) is 5.18. The number of nitro groups is 1. The van der Waals surface area contributed by atoms with E-state index < -0.39 is 10.8 Å². The van der Waals surface area contributed by atoms with E-state index in [1.807, 2.05) is 5.38 Å². The molecule has 1 amide bonds. The van der Waals surface area contributed by atoms with Gasteiger partial charge >= 0.3 is 0 Å². The van der Waals surface area contributed by atoms with Crippen LogP contribution in [0.25, 0.3) is 0 Å². The average molecular weight is 389 g/mol. The number of aromatic nitrogens is 1. The van der Waals surface area contributed by atoms with E-state index in [9.17, 15) is 14.9 Å². The lowest BCUT2D eigenvalue weighted by Gasteiger charge is -2.30. The number of rotatable bonds is 6. The number of piperidine rings is 1. The number of carbonyl (C=O) groups excluding carboxylic acids is 1. The molecule has 0 saturated carbocycles. The number of thiazole rings is 1. The highest BCUT2D eigenvalue weighted by Gasteiger charge is 2.19. The number of nitrogens with one attached hydrogen (secondary N) is 2. The van der Waals surface area contributed by atoms with E-state index in [1.165, 1.54) is 36.3 Å². The third-order valence-corrected chi connectivity index (χ3v) is 5.43. The van der Waals surface area contributed by atoms with Gasteiger partial charge in [-0.3, -0.25) is 25.1 Å². The van der Waals surface area contributed by atoms with Crippen LogP contribution in [0.2, 0.25) is 0 Å². The summed E-state index contributed by atoms with van der Waals surface area (Å²) in [7, 11) is 1.60. The molecule has 1 aliphatic rings. The molecule has 1 unspecified atom stereocenters. The second-order valence-electron chi connectivity index (χ2n) is 6.82. The molecule has 2 aromatic rings. The molecular formula is C18H23N5O3S. The van der Waals surface area contributed by atoms with E-state index in [4.69, 9.17) is 0 Å². The molecule has 2 N–H and O–H groups in total. The summed E-state index contributed by atoms with van der Waals surface area (Å²) in [5.41, 5.74) is 1.39. The summed E-state index contributed by atoms with van der Waals surface area (Å²) < 4.78 is 0. The Morgan fingerprint density at radius 3 is 3.00 bits per heavy atom. The molecule has 8 nitrogen and oxygen atoms in total. The van der Waals surface area contributed by atoms with E-state index in [1.54, 1.807) is 13.1 Å². The fraction of sp³-hybridized carbons (Fsp3) is 0.444. The molecule has 27 heavy (non-hydrogen) atoms. The smallest absolute Gasteiger partial charge is 0.293 e. The minimum atomic E-state index is -0.510. The minimum absolute atomic E-state index is 0.135. The molecule has 0 aliphatic carbocycles. The van der Waals surface area contributed by atoms with Gasteiger partial charge in [0.05, 0.1) is 10.6 Å². The third-order valence-electron chi connectivity index (χ3n) is 4.62. The van der Waals surface area contributed by atoms with Gasteiger partial charge in [0, 0.05) is 37.1 Å². The number of hydrogen-bond donors (Lipinski definition) is 2. The van der Waals surface area contributed by atoms with Crippen molar-refractivity contribution in [1.29, 1.82) is 0 Å². The Balaban J connectivity index is 1.65. The van der Waals surface area contributed by atoms with Crippen molar-refractivity contribution >= 4 is 33.8 Å². The van der Waals surface area contributed by atoms with E-state index in [-0.39, 0.29) is 11.3 Å². The van der Waals surface area contributed by atoms with E-state index in [2.05, 4.69) is 27.4 Å². The predicted octanol–water partition coefficient (Wildman–Crippen LogP) is 3.58. The van der Waals surface area contributed by atoms with Crippen molar-refractivity contribution in [3.8, 4) is 0 Å². The van der Waals surface area contributed by atoms with Crippen molar-refractivity contribution in [2.45, 2.75) is 26.3 Å². The van der Waals surface area contributed by atoms with Crippen LogP contribution >= 0.6 is 11.3 Å². The van der Waals surface area contributed by atoms with E-state index >= 15 is 0 Å². The zero-order valence-electron chi connectivity index (χ0n) is 15.4. The van der Waals surface area contributed by atoms with Gasteiger partial charge in [-0.1, -0.05) is 6.92 Å². The number of likely N-dealkylation sites (tertiary alicyclic amines) is 1. The molecule has 0 bridgehead atoms. The number of nitrogens with zero attached hydrogens (tertiary/aromatic N) is 3. The van der Waals surface area contributed by atoms with Gasteiger partial charge in [-0.25, -0.2) is 4.98 Å². The SMILES string of the molecule is CNc1ccc(C(=O)Nc2nc(CN3CCCC(C)C3)cs2)cc1[N+](=O)[O-]. The molecule has 1 fully saturated rings. The summed E-state index contributed by atoms with van der Waals surface area (Å²) in [5, 5.41) is 19.1. The minimum Gasteiger partial charge on any atom is -0.383 e. The molecule has 1 aromatic heterocycles. The Hall–Kier alpha value is -2.52. The van der Waals surface area contributed by atoms with Crippen LogP contribution in [0.1, 0.15) is 35.8 Å². The van der Waals surface area contributed by atoms with Crippen LogP contribution in [0, 0.1) is 16.0 Å².